The lowest BCUT2D eigenvalue weighted by atomic mass is 10.2. The van der Waals surface area contributed by atoms with Crippen LogP contribution in [0.5, 0.6) is 0 Å². The molecule has 0 aliphatic rings. The maximum absolute atomic E-state index is 4.47. The molecule has 0 radical (unpaired) electrons. The van der Waals surface area contributed by atoms with E-state index >= 15 is 0 Å². The fourth-order valence-electron chi connectivity index (χ4n) is 2.21. The van der Waals surface area contributed by atoms with Crippen molar-refractivity contribution in [3.8, 4) is 16.4 Å². The lowest BCUT2D eigenvalue weighted by molar-refractivity contribution is 0.788. The molecule has 120 valence electrons. The maximum Gasteiger partial charge on any atom is 0.248 e. The molecule has 0 aliphatic carbocycles. The fourth-order valence-corrected chi connectivity index (χ4v) is 2.87. The summed E-state index contributed by atoms with van der Waals surface area (Å²) in [6.45, 7) is 2.49. The molecule has 0 aliphatic heterocycles. The van der Waals surface area contributed by atoms with E-state index in [9.17, 15) is 0 Å². The highest BCUT2D eigenvalue weighted by molar-refractivity contribution is 7.13. The summed E-state index contributed by atoms with van der Waals surface area (Å²) in [4.78, 5) is 5.50. The van der Waals surface area contributed by atoms with Gasteiger partial charge in [0.05, 0.1) is 17.1 Å². The van der Waals surface area contributed by atoms with E-state index in [-0.39, 0.29) is 0 Å². The van der Waals surface area contributed by atoms with Gasteiger partial charge >= 0.3 is 0 Å². The van der Waals surface area contributed by atoms with Crippen LogP contribution in [-0.4, -0.2) is 35.4 Å². The summed E-state index contributed by atoms with van der Waals surface area (Å²) in [7, 11) is 0. The first-order chi connectivity index (χ1) is 11.8. The summed E-state index contributed by atoms with van der Waals surface area (Å²) in [6, 6.07) is 11.9. The molecule has 0 unspecified atom stereocenters. The van der Waals surface area contributed by atoms with Gasteiger partial charge in [0, 0.05) is 0 Å². The highest BCUT2D eigenvalue weighted by Crippen LogP contribution is 2.20. The summed E-state index contributed by atoms with van der Waals surface area (Å²) < 4.78 is 1.65. The summed E-state index contributed by atoms with van der Waals surface area (Å²) in [5.41, 5.74) is 2.08. The van der Waals surface area contributed by atoms with Gasteiger partial charge in [-0.1, -0.05) is 28.9 Å². The van der Waals surface area contributed by atoms with Gasteiger partial charge < -0.3 is 5.32 Å². The summed E-state index contributed by atoms with van der Waals surface area (Å²) in [5.74, 6) is 1.96. The number of hydrogen-bond donors (Lipinski definition) is 2. The number of aryl methyl sites for hydroxylation is 1. The van der Waals surface area contributed by atoms with E-state index < -0.39 is 0 Å². The number of hydrogen-bond acceptors (Lipinski definition) is 7. The third kappa shape index (κ3) is 2.88. The maximum atomic E-state index is 4.47. The average Bonchev–Trinajstić information content (AvgIpc) is 3.34. The van der Waals surface area contributed by atoms with Crippen LogP contribution >= 0.6 is 11.3 Å². The molecule has 0 saturated carbocycles. The van der Waals surface area contributed by atoms with Gasteiger partial charge in [-0.05, 0) is 40.9 Å². The lowest BCUT2D eigenvalue weighted by Crippen LogP contribution is -2.08. The number of H-pyrrole nitrogens is 1. The van der Waals surface area contributed by atoms with Crippen LogP contribution in [0.4, 0.5) is 5.95 Å². The van der Waals surface area contributed by atoms with Crippen LogP contribution in [-0.2, 0) is 6.54 Å². The Bertz CT molecular complexity index is 923. The summed E-state index contributed by atoms with van der Waals surface area (Å²) in [5, 5.41) is 24.1. The first-order valence-electron chi connectivity index (χ1n) is 7.34. The van der Waals surface area contributed by atoms with Crippen molar-refractivity contribution >= 4 is 17.3 Å². The van der Waals surface area contributed by atoms with Crippen LogP contribution in [0.15, 0.2) is 41.8 Å². The smallest absolute Gasteiger partial charge is 0.248 e. The second-order valence-electron chi connectivity index (χ2n) is 5.19. The van der Waals surface area contributed by atoms with E-state index in [1.54, 1.807) is 16.0 Å². The number of rotatable bonds is 5. The number of nitrogens with one attached hydrogen (secondary N) is 2. The molecule has 2 N–H and O–H groups in total. The van der Waals surface area contributed by atoms with E-state index in [4.69, 9.17) is 0 Å². The third-order valence-corrected chi connectivity index (χ3v) is 4.30. The van der Waals surface area contributed by atoms with Gasteiger partial charge in [0.15, 0.2) is 5.82 Å². The van der Waals surface area contributed by atoms with E-state index in [1.807, 2.05) is 48.7 Å². The first-order valence-corrected chi connectivity index (χ1v) is 8.22. The number of aromatic nitrogens is 7. The van der Waals surface area contributed by atoms with Crippen LogP contribution in [0.2, 0.25) is 0 Å². The van der Waals surface area contributed by atoms with Crippen molar-refractivity contribution in [3.05, 3.63) is 53.2 Å². The molecule has 4 rings (SSSR count). The summed E-state index contributed by atoms with van der Waals surface area (Å²) in [6.07, 6.45) is 0. The minimum atomic E-state index is 0.449. The monoisotopic (exact) mass is 338 g/mol. The van der Waals surface area contributed by atoms with Crippen molar-refractivity contribution in [1.82, 2.24) is 35.4 Å². The average molecular weight is 338 g/mol. The molecule has 0 atom stereocenters. The van der Waals surface area contributed by atoms with Crippen molar-refractivity contribution in [2.45, 2.75) is 13.5 Å². The normalized spacial score (nSPS) is 10.9. The van der Waals surface area contributed by atoms with Crippen molar-refractivity contribution in [3.63, 3.8) is 0 Å². The van der Waals surface area contributed by atoms with Gasteiger partial charge in [-0.2, -0.15) is 9.78 Å². The number of tetrazole rings is 1. The van der Waals surface area contributed by atoms with Gasteiger partial charge in [-0.15, -0.1) is 11.3 Å². The lowest BCUT2D eigenvalue weighted by Gasteiger charge is -2.05. The van der Waals surface area contributed by atoms with Gasteiger partial charge in [-0.3, -0.25) is 5.10 Å². The van der Waals surface area contributed by atoms with Crippen LogP contribution in [0.25, 0.3) is 16.4 Å². The number of thiophene rings is 1. The highest BCUT2D eigenvalue weighted by atomic mass is 32.1. The van der Waals surface area contributed by atoms with Gasteiger partial charge in [0.1, 0.15) is 5.82 Å². The quantitative estimate of drug-likeness (QED) is 0.580. The Labute approximate surface area is 141 Å². The zero-order chi connectivity index (χ0) is 16.4. The molecule has 0 saturated heterocycles. The number of aromatic amines is 1. The van der Waals surface area contributed by atoms with E-state index in [0.717, 1.165) is 16.4 Å². The van der Waals surface area contributed by atoms with Crippen molar-refractivity contribution in [1.29, 1.82) is 0 Å². The molecule has 4 aromatic rings. The van der Waals surface area contributed by atoms with E-state index in [0.29, 0.717) is 18.3 Å². The predicted octanol–water partition coefficient (Wildman–Crippen LogP) is 2.43. The fraction of sp³-hybridized carbons (Fsp3) is 0.133. The predicted molar refractivity (Wildman–Crippen MR) is 90.9 cm³/mol. The zero-order valence-electron chi connectivity index (χ0n) is 12.8. The highest BCUT2D eigenvalue weighted by Gasteiger charge is 2.10. The van der Waals surface area contributed by atoms with Crippen molar-refractivity contribution in [2.24, 2.45) is 0 Å². The minimum absolute atomic E-state index is 0.449. The second kappa shape index (κ2) is 6.20. The van der Waals surface area contributed by atoms with Gasteiger partial charge in [-0.25, -0.2) is 4.98 Å². The Morgan fingerprint density at radius 2 is 2.08 bits per heavy atom. The standard InChI is InChI=1S/C15H14N8S/c1-10-4-6-11(7-5-10)23-15(20-21-22-23)16-9-13-17-14(19-18-13)12-3-2-8-24-12/h2-8H,9H2,1H3,(H,16,20,22)(H,17,18,19). The third-order valence-electron chi connectivity index (χ3n) is 3.44. The van der Waals surface area contributed by atoms with Gasteiger partial charge in [0.2, 0.25) is 5.95 Å². The number of nitrogens with zero attached hydrogens (tertiary/aromatic N) is 6. The molecule has 8 nitrogen and oxygen atoms in total. The topological polar surface area (TPSA) is 97.2 Å². The zero-order valence-corrected chi connectivity index (χ0v) is 13.7. The number of anilines is 1. The molecular formula is C15H14N8S. The number of benzene rings is 1. The van der Waals surface area contributed by atoms with Crippen LogP contribution < -0.4 is 5.32 Å². The molecule has 3 aromatic heterocycles. The molecule has 0 spiro atoms. The SMILES string of the molecule is Cc1ccc(-n2nnnc2NCc2nc(-c3cccs3)n[nH]2)cc1. The van der Waals surface area contributed by atoms with Crippen molar-refractivity contribution in [2.75, 3.05) is 5.32 Å². The van der Waals surface area contributed by atoms with Crippen molar-refractivity contribution < 1.29 is 0 Å². The molecule has 0 fully saturated rings. The molecule has 24 heavy (non-hydrogen) atoms. The van der Waals surface area contributed by atoms with Gasteiger partial charge in [0.25, 0.3) is 0 Å². The van der Waals surface area contributed by atoms with Crippen LogP contribution in [0.1, 0.15) is 11.4 Å². The largest absolute Gasteiger partial charge is 0.345 e. The molecule has 9 heteroatoms. The second-order valence-corrected chi connectivity index (χ2v) is 6.13. The van der Waals surface area contributed by atoms with E-state index in [2.05, 4.69) is 36.0 Å². The first kappa shape index (κ1) is 14.5. The molecule has 1 aromatic carbocycles. The molecule has 0 amide bonds. The van der Waals surface area contributed by atoms with Crippen LogP contribution in [0, 0.1) is 6.92 Å². The minimum Gasteiger partial charge on any atom is -0.345 e. The Kier molecular flexibility index (Phi) is 3.75. The Morgan fingerprint density at radius 1 is 1.21 bits per heavy atom. The Hall–Kier alpha value is -3.07. The molecule has 3 heterocycles. The Balaban J connectivity index is 1.49. The summed E-state index contributed by atoms with van der Waals surface area (Å²) >= 11 is 1.60. The van der Waals surface area contributed by atoms with Crippen LogP contribution in [0.3, 0.4) is 0 Å². The van der Waals surface area contributed by atoms with E-state index in [1.165, 1.54) is 5.56 Å². The molecular weight excluding hydrogens is 324 g/mol. The Morgan fingerprint density at radius 3 is 2.88 bits per heavy atom. The molecule has 0 bridgehead atoms.